The van der Waals surface area contributed by atoms with Gasteiger partial charge >= 0.3 is 5.97 Å². The number of carbonyl (C=O) groups is 1. The first-order chi connectivity index (χ1) is 9.51. The first kappa shape index (κ1) is 15.4. The molecule has 1 aromatic heterocycles. The van der Waals surface area contributed by atoms with Crippen LogP contribution in [0.4, 0.5) is 5.69 Å². The lowest BCUT2D eigenvalue weighted by Gasteiger charge is -2.09. The van der Waals surface area contributed by atoms with E-state index in [4.69, 9.17) is 16.3 Å². The Morgan fingerprint density at radius 2 is 2.20 bits per heavy atom. The molecule has 20 heavy (non-hydrogen) atoms. The van der Waals surface area contributed by atoms with Gasteiger partial charge in [0.15, 0.2) is 0 Å². The molecule has 0 saturated carbocycles. The Kier molecular flexibility index (Phi) is 5.07. The maximum absolute atomic E-state index is 11.4. The van der Waals surface area contributed by atoms with Gasteiger partial charge in [0.2, 0.25) is 0 Å². The largest absolute Gasteiger partial charge is 0.465 e. The van der Waals surface area contributed by atoms with Crippen molar-refractivity contribution in [2.75, 3.05) is 12.4 Å². The van der Waals surface area contributed by atoms with Gasteiger partial charge in [0.05, 0.1) is 12.7 Å². The molecule has 106 valence electrons. The quantitative estimate of drug-likeness (QED) is 0.776. The molecule has 0 bridgehead atoms. The van der Waals surface area contributed by atoms with Crippen LogP contribution in [0.2, 0.25) is 4.34 Å². The Balaban J connectivity index is 2.08. The topological polar surface area (TPSA) is 38.3 Å². The second kappa shape index (κ2) is 6.61. The van der Waals surface area contributed by atoms with Gasteiger partial charge in [-0.3, -0.25) is 0 Å². The first-order valence-electron chi connectivity index (χ1n) is 5.88. The van der Waals surface area contributed by atoms with Crippen molar-refractivity contribution in [1.29, 1.82) is 0 Å². The second-order valence-electron chi connectivity index (χ2n) is 4.21. The molecule has 0 spiro atoms. The summed E-state index contributed by atoms with van der Waals surface area (Å²) in [6, 6.07) is 7.44. The van der Waals surface area contributed by atoms with Crippen LogP contribution in [0.1, 0.15) is 20.8 Å². The third-order valence-corrected chi connectivity index (χ3v) is 5.27. The molecule has 0 aliphatic carbocycles. The Bertz CT molecular complexity index is 623. The molecule has 0 radical (unpaired) electrons. The van der Waals surface area contributed by atoms with E-state index in [2.05, 4.69) is 21.2 Å². The molecule has 1 aromatic carbocycles. The molecule has 3 nitrogen and oxygen atoms in total. The first-order valence-corrected chi connectivity index (χ1v) is 7.86. The maximum Gasteiger partial charge on any atom is 0.337 e. The number of halogens is 2. The SMILES string of the molecule is COC(=O)c1ccc(NCc2cc(Br)c(Cl)s2)c(C)c1. The number of ether oxygens (including phenoxy) is 1. The predicted molar refractivity (Wildman–Crippen MR) is 86.9 cm³/mol. The number of hydrogen-bond donors (Lipinski definition) is 1. The van der Waals surface area contributed by atoms with Crippen molar-refractivity contribution in [2.45, 2.75) is 13.5 Å². The molecule has 2 rings (SSSR count). The lowest BCUT2D eigenvalue weighted by Crippen LogP contribution is -2.04. The molecule has 0 saturated heterocycles. The van der Waals surface area contributed by atoms with E-state index in [1.807, 2.05) is 25.1 Å². The molecule has 0 aliphatic rings. The van der Waals surface area contributed by atoms with Gasteiger partial charge in [-0.05, 0) is 52.7 Å². The van der Waals surface area contributed by atoms with Gasteiger partial charge < -0.3 is 10.1 Å². The average molecular weight is 375 g/mol. The summed E-state index contributed by atoms with van der Waals surface area (Å²) in [5, 5.41) is 3.33. The minimum atomic E-state index is -0.325. The van der Waals surface area contributed by atoms with E-state index in [1.54, 1.807) is 6.07 Å². The molecule has 1 N–H and O–H groups in total. The lowest BCUT2D eigenvalue weighted by atomic mass is 10.1. The fourth-order valence-corrected chi connectivity index (χ4v) is 3.50. The van der Waals surface area contributed by atoms with Crippen molar-refractivity contribution in [3.8, 4) is 0 Å². The molecular weight excluding hydrogens is 362 g/mol. The molecule has 0 atom stereocenters. The van der Waals surface area contributed by atoms with Crippen LogP contribution < -0.4 is 5.32 Å². The second-order valence-corrected chi connectivity index (χ2v) is 6.80. The van der Waals surface area contributed by atoms with Crippen molar-refractivity contribution >= 4 is 50.5 Å². The van der Waals surface area contributed by atoms with Crippen molar-refractivity contribution in [1.82, 2.24) is 0 Å². The van der Waals surface area contributed by atoms with Crippen LogP contribution in [0.5, 0.6) is 0 Å². The zero-order chi connectivity index (χ0) is 14.7. The van der Waals surface area contributed by atoms with Crippen LogP contribution in [-0.4, -0.2) is 13.1 Å². The van der Waals surface area contributed by atoms with Crippen LogP contribution in [0.3, 0.4) is 0 Å². The average Bonchev–Trinajstić information content (AvgIpc) is 2.75. The van der Waals surface area contributed by atoms with Crippen LogP contribution in [0.25, 0.3) is 0 Å². The summed E-state index contributed by atoms with van der Waals surface area (Å²) >= 11 is 10.9. The van der Waals surface area contributed by atoms with Gasteiger partial charge in [0.25, 0.3) is 0 Å². The number of rotatable bonds is 4. The van der Waals surface area contributed by atoms with Crippen LogP contribution in [-0.2, 0) is 11.3 Å². The van der Waals surface area contributed by atoms with Gasteiger partial charge in [-0.2, -0.15) is 0 Å². The summed E-state index contributed by atoms with van der Waals surface area (Å²) in [4.78, 5) is 12.6. The Morgan fingerprint density at radius 1 is 1.45 bits per heavy atom. The number of anilines is 1. The number of carbonyl (C=O) groups excluding carboxylic acids is 1. The number of thiophene rings is 1. The van der Waals surface area contributed by atoms with Gasteiger partial charge in [0, 0.05) is 21.6 Å². The van der Waals surface area contributed by atoms with E-state index in [1.165, 1.54) is 18.4 Å². The summed E-state index contributed by atoms with van der Waals surface area (Å²) in [5.41, 5.74) is 2.53. The molecular formula is C14H13BrClNO2S. The van der Waals surface area contributed by atoms with E-state index in [0.29, 0.717) is 12.1 Å². The Morgan fingerprint density at radius 3 is 2.75 bits per heavy atom. The lowest BCUT2D eigenvalue weighted by molar-refractivity contribution is 0.0600. The van der Waals surface area contributed by atoms with E-state index in [0.717, 1.165) is 24.9 Å². The normalized spacial score (nSPS) is 10.4. The summed E-state index contributed by atoms with van der Waals surface area (Å²) in [6.45, 7) is 2.64. The fraction of sp³-hybridized carbons (Fsp3) is 0.214. The van der Waals surface area contributed by atoms with Crippen molar-refractivity contribution < 1.29 is 9.53 Å². The Hall–Kier alpha value is -1.04. The molecule has 0 amide bonds. The molecule has 0 unspecified atom stereocenters. The summed E-state index contributed by atoms with van der Waals surface area (Å²) in [7, 11) is 1.38. The summed E-state index contributed by atoms with van der Waals surface area (Å²) in [5.74, 6) is -0.325. The van der Waals surface area contributed by atoms with Crippen molar-refractivity contribution in [3.05, 3.63) is 49.1 Å². The highest BCUT2D eigenvalue weighted by Gasteiger charge is 2.08. The van der Waals surface area contributed by atoms with Gasteiger partial charge in [-0.1, -0.05) is 11.6 Å². The molecule has 6 heteroatoms. The van der Waals surface area contributed by atoms with Gasteiger partial charge in [-0.15, -0.1) is 11.3 Å². The minimum absolute atomic E-state index is 0.325. The van der Waals surface area contributed by atoms with E-state index >= 15 is 0 Å². The number of methoxy groups -OCH3 is 1. The van der Waals surface area contributed by atoms with Crippen LogP contribution >= 0.6 is 38.9 Å². The van der Waals surface area contributed by atoms with E-state index in [-0.39, 0.29) is 5.97 Å². The zero-order valence-corrected chi connectivity index (χ0v) is 14.2. The number of benzene rings is 1. The van der Waals surface area contributed by atoms with Crippen molar-refractivity contribution in [3.63, 3.8) is 0 Å². The van der Waals surface area contributed by atoms with E-state index < -0.39 is 0 Å². The minimum Gasteiger partial charge on any atom is -0.465 e. The number of aryl methyl sites for hydroxylation is 1. The Labute approximate surface area is 135 Å². The monoisotopic (exact) mass is 373 g/mol. The third kappa shape index (κ3) is 3.53. The smallest absolute Gasteiger partial charge is 0.337 e. The molecule has 0 aliphatic heterocycles. The fourth-order valence-electron chi connectivity index (χ4n) is 1.77. The number of nitrogens with one attached hydrogen (secondary N) is 1. The van der Waals surface area contributed by atoms with Crippen LogP contribution in [0, 0.1) is 6.92 Å². The molecule has 1 heterocycles. The maximum atomic E-state index is 11.4. The van der Waals surface area contributed by atoms with Crippen LogP contribution in [0.15, 0.2) is 28.7 Å². The van der Waals surface area contributed by atoms with Gasteiger partial charge in [0.1, 0.15) is 4.34 Å². The molecule has 0 fully saturated rings. The predicted octanol–water partition coefficient (Wildman–Crippen LogP) is 4.87. The van der Waals surface area contributed by atoms with Gasteiger partial charge in [-0.25, -0.2) is 4.79 Å². The van der Waals surface area contributed by atoms with E-state index in [9.17, 15) is 4.79 Å². The third-order valence-electron chi connectivity index (χ3n) is 2.80. The summed E-state index contributed by atoms with van der Waals surface area (Å²) < 4.78 is 6.36. The zero-order valence-electron chi connectivity index (χ0n) is 11.0. The van der Waals surface area contributed by atoms with Crippen molar-refractivity contribution in [2.24, 2.45) is 0 Å². The standard InChI is InChI=1S/C14H13BrClNO2S/c1-8-5-9(14(18)19-2)3-4-12(8)17-7-10-6-11(15)13(16)20-10/h3-6,17H,7H2,1-2H3. The highest BCUT2D eigenvalue weighted by molar-refractivity contribution is 9.10. The summed E-state index contributed by atoms with van der Waals surface area (Å²) in [6.07, 6.45) is 0. The highest BCUT2D eigenvalue weighted by Crippen LogP contribution is 2.32. The molecule has 2 aromatic rings. The number of esters is 1. The highest BCUT2D eigenvalue weighted by atomic mass is 79.9. The number of hydrogen-bond acceptors (Lipinski definition) is 4.